The van der Waals surface area contributed by atoms with E-state index in [-0.39, 0.29) is 12.0 Å². The van der Waals surface area contributed by atoms with Crippen LogP contribution in [0.3, 0.4) is 0 Å². The minimum absolute atomic E-state index is 0.177. The van der Waals surface area contributed by atoms with Crippen LogP contribution in [-0.2, 0) is 21.8 Å². The molecule has 0 radical (unpaired) electrons. The second kappa shape index (κ2) is 10.1. The van der Waals surface area contributed by atoms with Gasteiger partial charge in [0.15, 0.2) is 0 Å². The highest BCUT2D eigenvalue weighted by atomic mass is 32.2. The normalized spacial score (nSPS) is 11.9. The molecule has 2 rings (SSSR count). The maximum absolute atomic E-state index is 12.1. The zero-order valence-corrected chi connectivity index (χ0v) is 14.2. The third kappa shape index (κ3) is 6.47. The predicted molar refractivity (Wildman–Crippen MR) is 96.3 cm³/mol. The highest BCUT2D eigenvalue weighted by Gasteiger charge is 2.19. The van der Waals surface area contributed by atoms with Crippen LogP contribution in [0.15, 0.2) is 60.7 Å². The van der Waals surface area contributed by atoms with Gasteiger partial charge in [-0.15, -0.1) is 0 Å². The third-order valence-electron chi connectivity index (χ3n) is 3.36. The van der Waals surface area contributed by atoms with Gasteiger partial charge >= 0.3 is 5.97 Å². The lowest BCUT2D eigenvalue weighted by atomic mass is 10.2. The van der Waals surface area contributed by atoms with Crippen LogP contribution in [0.4, 0.5) is 0 Å². The van der Waals surface area contributed by atoms with Crippen LogP contribution < -0.4 is 5.32 Å². The molecule has 2 aromatic rings. The smallest absolute Gasteiger partial charge is 0.323 e. The molecule has 0 saturated carbocycles. The summed E-state index contributed by atoms with van der Waals surface area (Å²) >= 11 is 1.74. The summed E-state index contributed by atoms with van der Waals surface area (Å²) in [6.07, 6.45) is 0. The highest BCUT2D eigenvalue weighted by Crippen LogP contribution is 2.14. The fourth-order valence-corrected chi connectivity index (χ4v) is 3.19. The van der Waals surface area contributed by atoms with E-state index >= 15 is 0 Å². The molecular weight excluding hydrogens is 306 g/mol. The summed E-state index contributed by atoms with van der Waals surface area (Å²) in [5, 5.41) is 3.31. The van der Waals surface area contributed by atoms with E-state index in [1.54, 1.807) is 11.8 Å². The molecule has 4 heteroatoms. The average Bonchev–Trinajstić information content (AvgIpc) is 2.60. The van der Waals surface area contributed by atoms with Crippen LogP contribution in [0.5, 0.6) is 0 Å². The van der Waals surface area contributed by atoms with Crippen molar-refractivity contribution in [3.63, 3.8) is 0 Å². The number of nitrogens with one attached hydrogen (secondary N) is 1. The van der Waals surface area contributed by atoms with Crippen molar-refractivity contribution in [2.75, 3.05) is 12.4 Å². The van der Waals surface area contributed by atoms with Crippen LogP contribution in [0.1, 0.15) is 18.1 Å². The molecule has 2 aromatic carbocycles. The molecule has 1 N–H and O–H groups in total. The molecule has 122 valence electrons. The maximum atomic E-state index is 12.1. The van der Waals surface area contributed by atoms with Gasteiger partial charge in [-0.1, -0.05) is 60.7 Å². The number of hydrogen-bond acceptors (Lipinski definition) is 4. The van der Waals surface area contributed by atoms with Crippen molar-refractivity contribution in [1.82, 2.24) is 5.32 Å². The first-order valence-electron chi connectivity index (χ1n) is 7.85. The van der Waals surface area contributed by atoms with Gasteiger partial charge in [-0.25, -0.2) is 0 Å². The topological polar surface area (TPSA) is 38.3 Å². The van der Waals surface area contributed by atoms with E-state index in [2.05, 4.69) is 17.4 Å². The Kier molecular flexibility index (Phi) is 7.70. The predicted octanol–water partition coefficient (Wildman–Crippen LogP) is 3.64. The van der Waals surface area contributed by atoms with E-state index in [0.717, 1.165) is 11.3 Å². The lowest BCUT2D eigenvalue weighted by Gasteiger charge is -2.17. The Bertz CT molecular complexity index is 574. The lowest BCUT2D eigenvalue weighted by molar-refractivity contribution is -0.145. The van der Waals surface area contributed by atoms with Gasteiger partial charge in [-0.05, 0) is 18.1 Å². The minimum atomic E-state index is -0.288. The molecule has 1 atom stereocenters. The first-order valence-corrected chi connectivity index (χ1v) is 9.00. The van der Waals surface area contributed by atoms with Crippen LogP contribution >= 0.6 is 11.8 Å². The number of esters is 1. The van der Waals surface area contributed by atoms with Crippen LogP contribution in [-0.4, -0.2) is 24.4 Å². The number of thioether (sulfide) groups is 1. The number of benzene rings is 2. The molecule has 3 nitrogen and oxygen atoms in total. The monoisotopic (exact) mass is 329 g/mol. The van der Waals surface area contributed by atoms with Gasteiger partial charge in [-0.3, -0.25) is 10.1 Å². The van der Waals surface area contributed by atoms with E-state index in [1.165, 1.54) is 5.56 Å². The molecule has 0 aromatic heterocycles. The van der Waals surface area contributed by atoms with Crippen molar-refractivity contribution >= 4 is 17.7 Å². The molecule has 0 aliphatic carbocycles. The van der Waals surface area contributed by atoms with Crippen molar-refractivity contribution in [1.29, 1.82) is 0 Å². The van der Waals surface area contributed by atoms with Crippen molar-refractivity contribution in [3.8, 4) is 0 Å². The summed E-state index contributed by atoms with van der Waals surface area (Å²) in [7, 11) is 0. The molecule has 0 aliphatic heterocycles. The largest absolute Gasteiger partial charge is 0.465 e. The molecule has 0 saturated heterocycles. The van der Waals surface area contributed by atoms with E-state index in [4.69, 9.17) is 4.74 Å². The summed E-state index contributed by atoms with van der Waals surface area (Å²) in [4.78, 5) is 12.1. The number of hydrogen-bond donors (Lipinski definition) is 1. The Morgan fingerprint density at radius 2 is 1.65 bits per heavy atom. The average molecular weight is 329 g/mol. The first kappa shape index (κ1) is 17.6. The Labute approximate surface area is 142 Å². The molecule has 0 aliphatic rings. The number of carbonyl (C=O) groups is 1. The molecule has 23 heavy (non-hydrogen) atoms. The summed E-state index contributed by atoms with van der Waals surface area (Å²) in [6, 6.07) is 20.1. The zero-order valence-electron chi connectivity index (χ0n) is 13.4. The summed E-state index contributed by atoms with van der Waals surface area (Å²) in [5.74, 6) is 1.41. The van der Waals surface area contributed by atoms with E-state index in [9.17, 15) is 4.79 Å². The molecule has 0 unspecified atom stereocenters. The lowest BCUT2D eigenvalue weighted by Crippen LogP contribution is -2.39. The van der Waals surface area contributed by atoms with Gasteiger partial charge in [-0.2, -0.15) is 11.8 Å². The fraction of sp³-hybridized carbons (Fsp3) is 0.316. The Balaban J connectivity index is 1.85. The zero-order chi connectivity index (χ0) is 16.3. The quantitative estimate of drug-likeness (QED) is 0.713. The van der Waals surface area contributed by atoms with E-state index in [0.29, 0.717) is 18.9 Å². The van der Waals surface area contributed by atoms with Gasteiger partial charge in [0.05, 0.1) is 6.61 Å². The van der Waals surface area contributed by atoms with Gasteiger partial charge in [0.2, 0.25) is 0 Å². The number of ether oxygens (including phenoxy) is 1. The third-order valence-corrected chi connectivity index (χ3v) is 4.47. The SMILES string of the molecule is CCOC(=O)[C@H](CSCc1ccccc1)NCc1ccccc1. The van der Waals surface area contributed by atoms with E-state index in [1.807, 2.05) is 55.5 Å². The Morgan fingerprint density at radius 3 is 2.26 bits per heavy atom. The van der Waals surface area contributed by atoms with Gasteiger partial charge < -0.3 is 4.74 Å². The second-order valence-electron chi connectivity index (χ2n) is 5.17. The minimum Gasteiger partial charge on any atom is -0.465 e. The standard InChI is InChI=1S/C19H23NO2S/c1-2-22-19(21)18(20-13-16-9-5-3-6-10-16)15-23-14-17-11-7-4-8-12-17/h3-12,18,20H,2,13-15H2,1H3/t18-/m0/s1. The van der Waals surface area contributed by atoms with Crippen LogP contribution in [0.2, 0.25) is 0 Å². The summed E-state index contributed by atoms with van der Waals surface area (Å²) in [6.45, 7) is 2.91. The van der Waals surface area contributed by atoms with Crippen molar-refractivity contribution in [3.05, 3.63) is 71.8 Å². The fourth-order valence-electron chi connectivity index (χ4n) is 2.16. The van der Waals surface area contributed by atoms with Gasteiger partial charge in [0.25, 0.3) is 0 Å². The summed E-state index contributed by atoms with van der Waals surface area (Å²) in [5.41, 5.74) is 2.43. The van der Waals surface area contributed by atoms with Gasteiger partial charge in [0.1, 0.15) is 6.04 Å². The molecular formula is C19H23NO2S. The molecule has 0 bridgehead atoms. The maximum Gasteiger partial charge on any atom is 0.323 e. The molecule has 0 spiro atoms. The van der Waals surface area contributed by atoms with Gasteiger partial charge in [0, 0.05) is 18.1 Å². The van der Waals surface area contributed by atoms with Crippen molar-refractivity contribution in [2.45, 2.75) is 25.3 Å². The number of rotatable bonds is 9. The highest BCUT2D eigenvalue weighted by molar-refractivity contribution is 7.98. The molecule has 0 heterocycles. The second-order valence-corrected chi connectivity index (χ2v) is 6.20. The summed E-state index contributed by atoms with van der Waals surface area (Å²) < 4.78 is 5.18. The van der Waals surface area contributed by atoms with Crippen LogP contribution in [0, 0.1) is 0 Å². The van der Waals surface area contributed by atoms with E-state index < -0.39 is 0 Å². The Hall–Kier alpha value is -1.78. The first-order chi connectivity index (χ1) is 11.3. The molecule has 0 fully saturated rings. The molecule has 0 amide bonds. The number of carbonyl (C=O) groups excluding carboxylic acids is 1. The van der Waals surface area contributed by atoms with Crippen molar-refractivity contribution in [2.24, 2.45) is 0 Å². The van der Waals surface area contributed by atoms with Crippen molar-refractivity contribution < 1.29 is 9.53 Å². The van der Waals surface area contributed by atoms with Crippen LogP contribution in [0.25, 0.3) is 0 Å². The Morgan fingerprint density at radius 1 is 1.04 bits per heavy atom.